The van der Waals surface area contributed by atoms with Gasteiger partial charge in [-0.25, -0.2) is 8.42 Å². The number of carbonyl (C=O) groups excluding carboxylic acids is 1. The van der Waals surface area contributed by atoms with Crippen LogP contribution < -0.4 is 9.62 Å². The summed E-state index contributed by atoms with van der Waals surface area (Å²) in [6.07, 6.45) is 2.05. The molecular weight excluding hydrogens is 324 g/mol. The standard InChI is InChI=1S/C18H18N2O3S/c1-11-9-12(18(21)19-13-7-8-13)10-15-14-5-3-4-6-16(14)24(22,23)20(2)17(11)15/h3-6,9-10,13H,7-8H2,1-2H3,(H,19,21). The summed E-state index contributed by atoms with van der Waals surface area (Å²) in [5.74, 6) is -0.100. The Hall–Kier alpha value is -2.34. The molecule has 5 nitrogen and oxygen atoms in total. The van der Waals surface area contributed by atoms with Crippen molar-refractivity contribution in [2.45, 2.75) is 30.7 Å². The average molecular weight is 342 g/mol. The van der Waals surface area contributed by atoms with E-state index in [-0.39, 0.29) is 16.8 Å². The van der Waals surface area contributed by atoms with Crippen LogP contribution in [-0.4, -0.2) is 27.4 Å². The number of carbonyl (C=O) groups is 1. The van der Waals surface area contributed by atoms with Crippen LogP contribution in [0.4, 0.5) is 5.69 Å². The number of fused-ring (bicyclic) bond motifs is 3. The number of aryl methyl sites for hydroxylation is 1. The third-order valence-corrected chi connectivity index (χ3v) is 6.42. The van der Waals surface area contributed by atoms with Crippen LogP contribution in [0.5, 0.6) is 0 Å². The Morgan fingerprint density at radius 3 is 2.58 bits per heavy atom. The predicted octanol–water partition coefficient (Wildman–Crippen LogP) is 2.69. The first kappa shape index (κ1) is 15.2. The highest BCUT2D eigenvalue weighted by molar-refractivity contribution is 7.93. The Labute approximate surface area is 141 Å². The molecule has 2 aromatic rings. The number of hydrogen-bond acceptors (Lipinski definition) is 3. The topological polar surface area (TPSA) is 66.5 Å². The maximum absolute atomic E-state index is 12.7. The molecule has 1 fully saturated rings. The van der Waals surface area contributed by atoms with Gasteiger partial charge < -0.3 is 5.32 Å². The highest BCUT2D eigenvalue weighted by Gasteiger charge is 2.34. The lowest BCUT2D eigenvalue weighted by atomic mass is 9.96. The molecule has 1 aliphatic heterocycles. The fraction of sp³-hybridized carbons (Fsp3) is 0.278. The molecule has 1 amide bonds. The van der Waals surface area contributed by atoms with E-state index in [1.165, 1.54) is 4.31 Å². The van der Waals surface area contributed by atoms with Gasteiger partial charge in [0.15, 0.2) is 0 Å². The zero-order valence-electron chi connectivity index (χ0n) is 13.5. The minimum absolute atomic E-state index is 0.100. The van der Waals surface area contributed by atoms with E-state index < -0.39 is 10.0 Å². The first-order valence-corrected chi connectivity index (χ1v) is 9.37. The van der Waals surface area contributed by atoms with E-state index in [0.717, 1.165) is 24.0 Å². The Morgan fingerprint density at radius 2 is 1.88 bits per heavy atom. The minimum atomic E-state index is -3.57. The molecule has 1 saturated carbocycles. The van der Waals surface area contributed by atoms with Crippen LogP contribution in [0.25, 0.3) is 11.1 Å². The van der Waals surface area contributed by atoms with Gasteiger partial charge in [0.25, 0.3) is 15.9 Å². The molecule has 0 spiro atoms. The summed E-state index contributed by atoms with van der Waals surface area (Å²) < 4.78 is 26.8. The fourth-order valence-corrected chi connectivity index (χ4v) is 4.70. The molecule has 1 heterocycles. The number of nitrogens with zero attached hydrogens (tertiary/aromatic N) is 1. The summed E-state index contributed by atoms with van der Waals surface area (Å²) in [7, 11) is -2.01. The van der Waals surface area contributed by atoms with Gasteiger partial charge in [0.05, 0.1) is 10.6 Å². The van der Waals surface area contributed by atoms with E-state index in [1.807, 2.05) is 13.0 Å². The zero-order valence-corrected chi connectivity index (χ0v) is 14.4. The smallest absolute Gasteiger partial charge is 0.264 e. The van der Waals surface area contributed by atoms with Crippen LogP contribution >= 0.6 is 0 Å². The van der Waals surface area contributed by atoms with E-state index in [0.29, 0.717) is 16.8 Å². The van der Waals surface area contributed by atoms with E-state index >= 15 is 0 Å². The van der Waals surface area contributed by atoms with Gasteiger partial charge in [-0.3, -0.25) is 9.10 Å². The molecule has 6 heteroatoms. The number of anilines is 1. The molecule has 0 unspecified atom stereocenters. The first-order chi connectivity index (χ1) is 11.4. The number of benzene rings is 2. The van der Waals surface area contributed by atoms with Crippen molar-refractivity contribution in [2.75, 3.05) is 11.4 Å². The largest absolute Gasteiger partial charge is 0.349 e. The van der Waals surface area contributed by atoms with Crippen molar-refractivity contribution in [1.82, 2.24) is 5.32 Å². The summed E-state index contributed by atoms with van der Waals surface area (Å²) in [5.41, 5.74) is 3.41. The SMILES string of the molecule is Cc1cc(C(=O)NC2CC2)cc2c1N(C)S(=O)(=O)c1ccccc1-2. The van der Waals surface area contributed by atoms with Gasteiger partial charge in [-0.15, -0.1) is 0 Å². The lowest BCUT2D eigenvalue weighted by molar-refractivity contribution is 0.0951. The highest BCUT2D eigenvalue weighted by Crippen LogP contribution is 2.44. The van der Waals surface area contributed by atoms with Gasteiger partial charge >= 0.3 is 0 Å². The Morgan fingerprint density at radius 1 is 1.17 bits per heavy atom. The number of amides is 1. The zero-order chi connectivity index (χ0) is 17.1. The second-order valence-corrected chi connectivity index (χ2v) is 8.34. The van der Waals surface area contributed by atoms with Gasteiger partial charge in [0, 0.05) is 29.8 Å². The molecule has 0 radical (unpaired) electrons. The van der Waals surface area contributed by atoms with Crippen LogP contribution in [0.3, 0.4) is 0 Å². The number of sulfonamides is 1. The second kappa shape index (κ2) is 5.08. The predicted molar refractivity (Wildman–Crippen MR) is 92.7 cm³/mol. The first-order valence-electron chi connectivity index (χ1n) is 7.93. The van der Waals surface area contributed by atoms with E-state index in [2.05, 4.69) is 5.32 Å². The van der Waals surface area contributed by atoms with E-state index in [4.69, 9.17) is 0 Å². The molecule has 2 aliphatic rings. The van der Waals surface area contributed by atoms with Crippen molar-refractivity contribution >= 4 is 21.6 Å². The van der Waals surface area contributed by atoms with Crippen molar-refractivity contribution in [3.63, 3.8) is 0 Å². The average Bonchev–Trinajstić information content (AvgIpc) is 3.36. The van der Waals surface area contributed by atoms with Gasteiger partial charge in [0.2, 0.25) is 0 Å². The Bertz CT molecular complexity index is 962. The summed E-state index contributed by atoms with van der Waals surface area (Å²) in [6.45, 7) is 1.84. The van der Waals surface area contributed by atoms with Crippen molar-refractivity contribution in [3.8, 4) is 11.1 Å². The molecule has 0 aromatic heterocycles. The third-order valence-electron chi connectivity index (χ3n) is 4.61. The molecule has 2 aromatic carbocycles. The van der Waals surface area contributed by atoms with Crippen LogP contribution in [-0.2, 0) is 10.0 Å². The molecule has 1 aliphatic carbocycles. The minimum Gasteiger partial charge on any atom is -0.349 e. The van der Waals surface area contributed by atoms with Gasteiger partial charge in [0.1, 0.15) is 0 Å². The Balaban J connectivity index is 1.93. The van der Waals surface area contributed by atoms with Gasteiger partial charge in [-0.1, -0.05) is 18.2 Å². The van der Waals surface area contributed by atoms with Crippen molar-refractivity contribution in [3.05, 3.63) is 47.5 Å². The third kappa shape index (κ3) is 2.21. The Kier molecular flexibility index (Phi) is 3.22. The van der Waals surface area contributed by atoms with Crippen LogP contribution in [0.1, 0.15) is 28.8 Å². The number of hydrogen-bond donors (Lipinski definition) is 1. The maximum atomic E-state index is 12.7. The van der Waals surface area contributed by atoms with Crippen LogP contribution in [0.2, 0.25) is 0 Å². The molecular formula is C18H18N2O3S. The number of rotatable bonds is 2. The molecule has 1 N–H and O–H groups in total. The molecule has 0 atom stereocenters. The maximum Gasteiger partial charge on any atom is 0.264 e. The lowest BCUT2D eigenvalue weighted by Crippen LogP contribution is -2.32. The molecule has 4 rings (SSSR count). The second-order valence-electron chi connectivity index (χ2n) is 6.41. The highest BCUT2D eigenvalue weighted by atomic mass is 32.2. The summed E-state index contributed by atoms with van der Waals surface area (Å²) >= 11 is 0. The molecule has 124 valence electrons. The van der Waals surface area contributed by atoms with Crippen molar-refractivity contribution in [1.29, 1.82) is 0 Å². The lowest BCUT2D eigenvalue weighted by Gasteiger charge is -2.31. The quantitative estimate of drug-likeness (QED) is 0.912. The van der Waals surface area contributed by atoms with Gasteiger partial charge in [-0.2, -0.15) is 0 Å². The summed E-state index contributed by atoms with van der Waals surface area (Å²) in [5, 5.41) is 2.98. The van der Waals surface area contributed by atoms with Crippen LogP contribution in [0, 0.1) is 6.92 Å². The number of nitrogens with one attached hydrogen (secondary N) is 1. The van der Waals surface area contributed by atoms with Crippen molar-refractivity contribution < 1.29 is 13.2 Å². The monoisotopic (exact) mass is 342 g/mol. The summed E-state index contributed by atoms with van der Waals surface area (Å²) in [6, 6.07) is 10.8. The van der Waals surface area contributed by atoms with E-state index in [9.17, 15) is 13.2 Å². The molecule has 24 heavy (non-hydrogen) atoms. The molecule has 0 bridgehead atoms. The molecule has 0 saturated heterocycles. The van der Waals surface area contributed by atoms with Gasteiger partial charge in [-0.05, 0) is 43.5 Å². The van der Waals surface area contributed by atoms with Crippen molar-refractivity contribution in [2.24, 2.45) is 0 Å². The van der Waals surface area contributed by atoms with Crippen LogP contribution in [0.15, 0.2) is 41.3 Å². The van der Waals surface area contributed by atoms with E-state index in [1.54, 1.807) is 37.4 Å². The normalized spacial score (nSPS) is 17.8. The summed E-state index contributed by atoms with van der Waals surface area (Å²) in [4.78, 5) is 12.7. The fourth-order valence-electron chi connectivity index (χ4n) is 3.21.